The van der Waals surface area contributed by atoms with E-state index in [4.69, 9.17) is 52.8 Å². The van der Waals surface area contributed by atoms with Crippen LogP contribution in [-0.4, -0.2) is 106 Å². The lowest BCUT2D eigenvalue weighted by Gasteiger charge is -2.15. The Morgan fingerprint density at radius 3 is 0.724 bits per heavy atom. The second-order valence-corrected chi connectivity index (χ2v) is 30.9. The molecule has 672 valence electrons. The molecule has 10 aromatic carbocycles. The molecule has 20 nitrogen and oxygen atoms in total. The first-order valence-electron chi connectivity index (χ1n) is 42.0. The third-order valence-electron chi connectivity index (χ3n) is 18.8. The van der Waals surface area contributed by atoms with Crippen LogP contribution in [0.15, 0.2) is 278 Å². The number of rotatable bonds is 42. The zero-order chi connectivity index (χ0) is 91.8. The van der Waals surface area contributed by atoms with Crippen LogP contribution in [0.2, 0.25) is 0 Å². The van der Waals surface area contributed by atoms with Gasteiger partial charge in [-0.05, 0) is 294 Å². The van der Waals surface area contributed by atoms with E-state index < -0.39 is 0 Å². The van der Waals surface area contributed by atoms with Crippen LogP contribution in [0.5, 0.6) is 34.5 Å². The molecule has 10 rings (SSSR count). The molecule has 0 saturated heterocycles. The van der Waals surface area contributed by atoms with Crippen LogP contribution in [-0.2, 0) is 53.7 Å². The summed E-state index contributed by atoms with van der Waals surface area (Å²) >= 11 is 3.72. The molecule has 0 heterocycles. The first-order valence-corrected chi connectivity index (χ1v) is 44.0. The molecule has 0 bridgehead atoms. The maximum Gasteiger partial charge on any atom is 0.165 e. The SMILES string of the molecule is C/C=C/COc1cc(C)c(NCOOc2ccc(C=NOC)cc2)c(C)c1.C/C=C/COc1cc(C)c(NCc2ccc(C=NOC)cc2)c(C)c1.C/C=C/COc1cc(C)c(NCc2ccc(C=NOC)cc2)c(C)c1.C/C=C/COc1cc(C)c(SCc2ccc(C=NOC)cc2)c(C)c1.C/C=C/COc1cc(C)c(SCc2ccc(C=NOC)cc2)c(C)c1. The maximum absolute atomic E-state index is 5.75. The minimum absolute atomic E-state index is 0.216. The Kier molecular flexibility index (Phi) is 48.5. The molecule has 0 saturated carbocycles. The summed E-state index contributed by atoms with van der Waals surface area (Å²) in [6, 6.07) is 61.2. The number of ether oxygens (including phenoxy) is 5. The third kappa shape index (κ3) is 39.0. The normalized spacial score (nSPS) is 11.2. The lowest BCUT2D eigenvalue weighted by atomic mass is 10.1. The molecule has 0 aliphatic rings. The molecule has 0 amide bonds. The monoisotopic (exact) mass is 1760 g/mol. The van der Waals surface area contributed by atoms with E-state index in [0.717, 1.165) is 109 Å². The number of hydrogen-bond donors (Lipinski definition) is 3. The summed E-state index contributed by atoms with van der Waals surface area (Å²) < 4.78 is 28.7. The summed E-state index contributed by atoms with van der Waals surface area (Å²) in [5.74, 6) is 6.99. The molecule has 0 aromatic heterocycles. The van der Waals surface area contributed by atoms with Crippen molar-refractivity contribution in [1.82, 2.24) is 0 Å². The molecule has 0 aliphatic heterocycles. The van der Waals surface area contributed by atoms with Gasteiger partial charge in [0.2, 0.25) is 0 Å². The summed E-state index contributed by atoms with van der Waals surface area (Å²) in [5, 5.41) is 29.1. The van der Waals surface area contributed by atoms with Crippen molar-refractivity contribution in [2.75, 3.05) is 91.3 Å². The van der Waals surface area contributed by atoms with Crippen molar-refractivity contribution in [3.8, 4) is 34.5 Å². The van der Waals surface area contributed by atoms with Gasteiger partial charge in [-0.15, -0.1) is 23.5 Å². The highest BCUT2D eigenvalue weighted by atomic mass is 32.2. The maximum atomic E-state index is 5.75. The van der Waals surface area contributed by atoms with E-state index >= 15 is 0 Å². The van der Waals surface area contributed by atoms with Gasteiger partial charge in [0.05, 0.1) is 31.1 Å². The van der Waals surface area contributed by atoms with Crippen LogP contribution in [0.4, 0.5) is 17.1 Å². The van der Waals surface area contributed by atoms with E-state index in [2.05, 4.69) is 223 Å². The van der Waals surface area contributed by atoms with Crippen molar-refractivity contribution >= 4 is 71.7 Å². The topological polar surface area (TPSA) is 209 Å². The summed E-state index contributed by atoms with van der Waals surface area (Å²) in [7, 11) is 7.67. The number of hydrogen-bond acceptors (Lipinski definition) is 22. The van der Waals surface area contributed by atoms with Crippen molar-refractivity contribution in [3.05, 3.63) is 348 Å². The molecule has 0 radical (unpaired) electrons. The zero-order valence-electron chi connectivity index (χ0n) is 77.5. The number of oxime groups is 5. The van der Waals surface area contributed by atoms with Crippen LogP contribution in [0.3, 0.4) is 0 Å². The number of thioether (sulfide) groups is 2. The minimum atomic E-state index is 0.216. The molecule has 10 aromatic rings. The molecule has 0 atom stereocenters. The van der Waals surface area contributed by atoms with Crippen LogP contribution in [0.1, 0.15) is 140 Å². The van der Waals surface area contributed by atoms with Gasteiger partial charge in [0.1, 0.15) is 97.3 Å². The van der Waals surface area contributed by atoms with Gasteiger partial charge in [-0.1, -0.05) is 184 Å². The number of allylic oxidation sites excluding steroid dienone is 5. The average Bonchev–Trinajstić information content (AvgIpc) is 0.875. The standard InChI is InChI=1S/C21H26N2O4.2C21H26N2O2.2C21H25NO2S/c1-5-6-11-25-20-12-16(2)21(17(3)13-20)22-15-26-27-19-9-7-18(8-10-19)14-23-24-4;2*1-5-6-11-25-20-12-16(2)21(17(3)13-20)22-14-18-7-9-19(10-8-18)15-23-24-4;2*1-5-6-11-24-20-12-16(2)21(17(3)13-20)25-15-19-9-7-18(8-10-19)14-22-23-4/h5-10,12-14,22H,11,15H2,1-4H3;2*5-10,12-13,15,22H,11,14H2,1-4H3;2*5-10,12-14H,11,15H2,1-4H3/b6-5+,23-14?;2*6-5+,23-15?;2*6-5+,22-14?. The summed E-state index contributed by atoms with van der Waals surface area (Å²) in [6.07, 6.45) is 28.3. The van der Waals surface area contributed by atoms with E-state index in [1.165, 1.54) is 97.9 Å². The Morgan fingerprint density at radius 1 is 0.268 bits per heavy atom. The molecular formula is C105H128N8O12S2. The lowest BCUT2D eigenvalue weighted by molar-refractivity contribution is -0.199. The molecular weight excluding hydrogens is 1630 g/mol. The second kappa shape index (κ2) is 59.9. The lowest BCUT2D eigenvalue weighted by Crippen LogP contribution is -2.11. The van der Waals surface area contributed by atoms with Gasteiger partial charge in [0.15, 0.2) is 12.5 Å². The number of nitrogens with one attached hydrogen (secondary N) is 3. The third-order valence-corrected chi connectivity index (χ3v) is 21.6. The van der Waals surface area contributed by atoms with Gasteiger partial charge in [-0.2, -0.15) is 4.89 Å². The van der Waals surface area contributed by atoms with Crippen molar-refractivity contribution in [2.24, 2.45) is 25.8 Å². The van der Waals surface area contributed by atoms with Crippen molar-refractivity contribution in [3.63, 3.8) is 0 Å². The number of benzene rings is 10. The van der Waals surface area contributed by atoms with E-state index in [-0.39, 0.29) is 6.73 Å². The van der Waals surface area contributed by atoms with Gasteiger partial charge in [-0.3, -0.25) is 0 Å². The Balaban J connectivity index is 0.000000245. The van der Waals surface area contributed by atoms with Crippen LogP contribution in [0, 0.1) is 69.2 Å². The Hall–Kier alpha value is -12.9. The number of nitrogens with zero attached hydrogens (tertiary/aromatic N) is 5. The van der Waals surface area contributed by atoms with Gasteiger partial charge < -0.3 is 68.7 Å². The minimum Gasteiger partial charge on any atom is -0.490 e. The molecule has 0 aliphatic carbocycles. The first kappa shape index (κ1) is 103. The van der Waals surface area contributed by atoms with Crippen molar-refractivity contribution < 1.29 is 57.6 Å². The fourth-order valence-electron chi connectivity index (χ4n) is 12.4. The molecule has 0 fully saturated rings. The summed E-state index contributed by atoms with van der Waals surface area (Å²) in [5.41, 5.74) is 25.2. The largest absolute Gasteiger partial charge is 0.490 e. The van der Waals surface area contributed by atoms with Gasteiger partial charge in [0.25, 0.3) is 0 Å². The summed E-state index contributed by atoms with van der Waals surface area (Å²) in [4.78, 5) is 36.6. The predicted molar refractivity (Wildman–Crippen MR) is 530 cm³/mol. The van der Waals surface area contributed by atoms with E-state index in [0.29, 0.717) is 38.8 Å². The fraction of sp³-hybridized carbons (Fsp3) is 0.286. The first-order chi connectivity index (χ1) is 61.7. The second-order valence-electron chi connectivity index (χ2n) is 28.9. The van der Waals surface area contributed by atoms with Gasteiger partial charge >= 0.3 is 0 Å². The van der Waals surface area contributed by atoms with Crippen LogP contribution < -0.4 is 44.5 Å². The Bertz CT molecular complexity index is 4590. The van der Waals surface area contributed by atoms with E-state index in [1.54, 1.807) is 57.4 Å². The number of anilines is 3. The Morgan fingerprint density at radius 2 is 0.488 bits per heavy atom. The van der Waals surface area contributed by atoms with Crippen molar-refractivity contribution in [2.45, 2.75) is 138 Å². The molecule has 0 unspecified atom stereocenters. The summed E-state index contributed by atoms with van der Waals surface area (Å²) in [6.45, 7) is 35.7. The van der Waals surface area contributed by atoms with Gasteiger partial charge in [0, 0.05) is 51.4 Å². The smallest absolute Gasteiger partial charge is 0.165 e. The predicted octanol–water partition coefficient (Wildman–Crippen LogP) is 25.4. The van der Waals surface area contributed by atoms with E-state index in [9.17, 15) is 0 Å². The number of aryl methyl sites for hydroxylation is 10. The van der Waals surface area contributed by atoms with Crippen LogP contribution >= 0.6 is 23.5 Å². The highest BCUT2D eigenvalue weighted by Crippen LogP contribution is 2.36. The molecule has 127 heavy (non-hydrogen) atoms. The van der Waals surface area contributed by atoms with Crippen LogP contribution in [0.25, 0.3) is 0 Å². The molecule has 22 heteroatoms. The molecule has 3 N–H and O–H groups in total. The quantitative estimate of drug-likeness (QED) is 0.00618. The highest BCUT2D eigenvalue weighted by molar-refractivity contribution is 7.98. The molecule has 0 spiro atoms. The fourth-order valence-corrected chi connectivity index (χ4v) is 14.6. The van der Waals surface area contributed by atoms with Crippen molar-refractivity contribution in [1.29, 1.82) is 0 Å². The Labute approximate surface area is 762 Å². The van der Waals surface area contributed by atoms with Gasteiger partial charge in [-0.25, -0.2) is 0 Å². The van der Waals surface area contributed by atoms with E-state index in [1.807, 2.05) is 181 Å². The average molecular weight is 1760 g/mol. The highest BCUT2D eigenvalue weighted by Gasteiger charge is 2.14. The zero-order valence-corrected chi connectivity index (χ0v) is 79.1.